The summed E-state index contributed by atoms with van der Waals surface area (Å²) in [6.45, 7) is 4.26. The summed E-state index contributed by atoms with van der Waals surface area (Å²) in [6, 6.07) is 0. The van der Waals surface area contributed by atoms with Crippen molar-refractivity contribution < 1.29 is 80.2 Å². The van der Waals surface area contributed by atoms with Crippen molar-refractivity contribution in [2.24, 2.45) is 0 Å². The monoisotopic (exact) mass is 1460 g/mol. The first-order chi connectivity index (χ1) is 49.7. The van der Waals surface area contributed by atoms with E-state index >= 15 is 0 Å². The van der Waals surface area contributed by atoms with E-state index in [0.717, 1.165) is 173 Å². The van der Waals surface area contributed by atoms with E-state index in [9.17, 15) is 43.2 Å². The fraction of sp³-hybridized carbons (Fsp3) is 0.590. The van der Waals surface area contributed by atoms with Gasteiger partial charge in [-0.1, -0.05) is 261 Å². The molecule has 0 aliphatic rings. The van der Waals surface area contributed by atoms with Crippen LogP contribution in [0.1, 0.15) is 259 Å². The van der Waals surface area contributed by atoms with Gasteiger partial charge in [0.25, 0.3) is 0 Å². The molecule has 3 N–H and O–H groups in total. The minimum atomic E-state index is -5.02. The Hall–Kier alpha value is -5.84. The van der Waals surface area contributed by atoms with Crippen LogP contribution >= 0.6 is 15.6 Å². The van der Waals surface area contributed by atoms with Crippen LogP contribution in [-0.2, 0) is 65.4 Å². The van der Waals surface area contributed by atoms with E-state index in [2.05, 4.69) is 186 Å². The van der Waals surface area contributed by atoms with Crippen molar-refractivity contribution in [2.45, 2.75) is 277 Å². The highest BCUT2D eigenvalue weighted by atomic mass is 31.2. The van der Waals surface area contributed by atoms with Gasteiger partial charge in [0.2, 0.25) is 0 Å². The Kier molecular flexibility index (Phi) is 69.3. The lowest BCUT2D eigenvalue weighted by atomic mass is 10.1. The van der Waals surface area contributed by atoms with Gasteiger partial charge in [-0.15, -0.1) is 0 Å². The molecule has 5 atom stereocenters. The van der Waals surface area contributed by atoms with E-state index < -0.39 is 97.5 Å². The summed E-state index contributed by atoms with van der Waals surface area (Å²) >= 11 is 0. The van der Waals surface area contributed by atoms with Crippen LogP contribution in [0.25, 0.3) is 0 Å². The van der Waals surface area contributed by atoms with Crippen molar-refractivity contribution in [1.82, 2.24) is 0 Å². The maximum absolute atomic E-state index is 13.1. The van der Waals surface area contributed by atoms with E-state index in [1.54, 1.807) is 12.2 Å². The second-order valence-corrected chi connectivity index (χ2v) is 27.4. The van der Waals surface area contributed by atoms with Crippen molar-refractivity contribution in [3.05, 3.63) is 182 Å². The summed E-state index contributed by atoms with van der Waals surface area (Å²) in [7, 11) is -10.0. The number of allylic oxidation sites excluding steroid dienone is 29. The van der Waals surface area contributed by atoms with Gasteiger partial charge in [0.05, 0.1) is 32.8 Å². The van der Waals surface area contributed by atoms with Crippen LogP contribution in [0.4, 0.5) is 0 Å². The van der Waals surface area contributed by atoms with Crippen LogP contribution in [-0.4, -0.2) is 96.7 Å². The number of phosphoric acid groups is 2. The molecule has 0 aromatic rings. The number of phosphoric ester groups is 2. The zero-order valence-electron chi connectivity index (χ0n) is 62.7. The van der Waals surface area contributed by atoms with Crippen molar-refractivity contribution in [3.63, 3.8) is 0 Å². The SMILES string of the molecule is CC/C=C\C/C=C\C/C=C\C/C=C\C/C=C\CCCCCC(=O)OCC(COP(=O)(O)OCC(O)COP(=O)(O)OCC(COC(=O)CCCCCC/C=C\C/C=C\C/C=C\C/C=C\CC)OC(=O)C/C=C\C/C=C\C/C=C\C/C=C\C/C=C\CC)OC(=O)CCCCCCC/C=C\CCCC. The number of carbonyl (C=O) groups is 4. The molecule has 0 bridgehead atoms. The van der Waals surface area contributed by atoms with Crippen LogP contribution in [0.2, 0.25) is 0 Å². The highest BCUT2D eigenvalue weighted by molar-refractivity contribution is 7.47. The largest absolute Gasteiger partial charge is 0.472 e. The molecule has 0 aliphatic heterocycles. The van der Waals surface area contributed by atoms with Gasteiger partial charge in [-0.05, 0) is 154 Å². The van der Waals surface area contributed by atoms with Crippen LogP contribution in [0, 0.1) is 0 Å². The van der Waals surface area contributed by atoms with Crippen LogP contribution in [0.3, 0.4) is 0 Å². The summed E-state index contributed by atoms with van der Waals surface area (Å²) in [5, 5.41) is 10.6. The predicted octanol–water partition coefficient (Wildman–Crippen LogP) is 22.0. The molecular formula is C83H132O17P2. The van der Waals surface area contributed by atoms with Crippen molar-refractivity contribution in [2.75, 3.05) is 39.6 Å². The van der Waals surface area contributed by atoms with Gasteiger partial charge in [0.15, 0.2) is 12.2 Å². The van der Waals surface area contributed by atoms with Crippen LogP contribution in [0.15, 0.2) is 182 Å². The molecule has 0 aromatic carbocycles. The molecule has 0 amide bonds. The number of esters is 4. The predicted molar refractivity (Wildman–Crippen MR) is 417 cm³/mol. The first-order valence-electron chi connectivity index (χ1n) is 38.0. The lowest BCUT2D eigenvalue weighted by molar-refractivity contribution is -0.161. The average molecular weight is 1460 g/mol. The fourth-order valence-corrected chi connectivity index (χ4v) is 10.8. The molecular weight excluding hydrogens is 1330 g/mol. The summed E-state index contributed by atoms with van der Waals surface area (Å²) in [5.41, 5.74) is 0. The van der Waals surface area contributed by atoms with Gasteiger partial charge in [-0.25, -0.2) is 9.13 Å². The second-order valence-electron chi connectivity index (χ2n) is 24.5. The smallest absolute Gasteiger partial charge is 0.462 e. The standard InChI is InChI=1S/C83H132O17P2/c1-5-9-13-17-21-25-29-32-35-37-38-40-43-45-49-52-56-60-64-68-80(85)93-73-78(99-82(87)69-65-61-57-53-47-28-24-20-16-12-8-4)75-97-101(89,90)95-71-77(84)72-96-102(91,92)98-76-79(100-83(88)70-66-62-58-54-50-46-41-34-31-27-23-19-15-11-7-3)74-94-81(86)67-63-59-55-51-48-44-42-39-36-33-30-26-22-18-14-10-6-2/h9-11,13-15,20-27,32-36,38,40-42,44-45,49-50,54,62,66,77-79,84H,5-8,12,16-19,28-31,37,39,43,46-48,51-53,55-61,63-65,67-76H2,1-4H3,(H,89,90)(H,91,92)/b13-9-,14-10-,15-11-,24-20-,25-21-,26-22-,27-23-,35-32-,36-33-,40-38-,41-34-,44-42-,49-45-,54-50-,66-62-. The van der Waals surface area contributed by atoms with Crippen LogP contribution < -0.4 is 0 Å². The fourth-order valence-electron chi connectivity index (χ4n) is 9.17. The Morgan fingerprint density at radius 3 is 0.892 bits per heavy atom. The maximum Gasteiger partial charge on any atom is 0.472 e. The molecule has 0 aromatic heterocycles. The molecule has 0 radical (unpaired) electrons. The number of unbranched alkanes of at least 4 members (excludes halogenated alkanes) is 14. The summed E-state index contributed by atoms with van der Waals surface area (Å²) in [4.78, 5) is 72.8. The third kappa shape index (κ3) is 72.5. The lowest BCUT2D eigenvalue weighted by Gasteiger charge is -2.21. The Morgan fingerprint density at radius 2 is 0.549 bits per heavy atom. The van der Waals surface area contributed by atoms with Gasteiger partial charge < -0.3 is 33.8 Å². The molecule has 0 heterocycles. The van der Waals surface area contributed by atoms with Crippen molar-refractivity contribution >= 4 is 39.5 Å². The van der Waals surface area contributed by atoms with Gasteiger partial charge in [-0.2, -0.15) is 0 Å². The number of ether oxygens (including phenoxy) is 4. The number of hydrogen-bond donors (Lipinski definition) is 3. The Bertz CT molecular complexity index is 2650. The topological polar surface area (TPSA) is 237 Å². The number of aliphatic hydroxyl groups excluding tert-OH is 1. The third-order valence-corrected chi connectivity index (χ3v) is 16.8. The lowest BCUT2D eigenvalue weighted by Crippen LogP contribution is -2.30. The Labute approximate surface area is 615 Å². The molecule has 5 unspecified atom stereocenters. The van der Waals surface area contributed by atoms with E-state index in [1.165, 1.54) is 6.42 Å². The molecule has 576 valence electrons. The molecule has 0 saturated carbocycles. The van der Waals surface area contributed by atoms with Gasteiger partial charge in [-0.3, -0.25) is 37.3 Å². The molecule has 19 heteroatoms. The highest BCUT2D eigenvalue weighted by Crippen LogP contribution is 2.45. The van der Waals surface area contributed by atoms with E-state index in [1.807, 2.05) is 12.2 Å². The molecule has 0 spiro atoms. The Morgan fingerprint density at radius 1 is 0.294 bits per heavy atom. The second kappa shape index (κ2) is 73.5. The molecule has 0 fully saturated rings. The molecule has 0 saturated heterocycles. The van der Waals surface area contributed by atoms with Gasteiger partial charge in [0.1, 0.15) is 19.3 Å². The number of aliphatic hydroxyl groups is 1. The Balaban J connectivity index is 5.46. The van der Waals surface area contributed by atoms with Gasteiger partial charge >= 0.3 is 39.5 Å². The highest BCUT2D eigenvalue weighted by Gasteiger charge is 2.30. The first kappa shape index (κ1) is 96.2. The maximum atomic E-state index is 13.1. The normalized spacial score (nSPS) is 14.9. The molecule has 0 aliphatic carbocycles. The van der Waals surface area contributed by atoms with Gasteiger partial charge in [0, 0.05) is 19.3 Å². The molecule has 17 nitrogen and oxygen atoms in total. The quantitative estimate of drug-likeness (QED) is 0.0169. The van der Waals surface area contributed by atoms with Crippen molar-refractivity contribution in [3.8, 4) is 0 Å². The third-order valence-electron chi connectivity index (χ3n) is 14.9. The van der Waals surface area contributed by atoms with Crippen LogP contribution in [0.5, 0.6) is 0 Å². The van der Waals surface area contributed by atoms with E-state index in [4.69, 9.17) is 37.0 Å². The number of rotatable bonds is 69. The number of hydrogen-bond acceptors (Lipinski definition) is 15. The van der Waals surface area contributed by atoms with E-state index in [0.29, 0.717) is 25.7 Å². The minimum Gasteiger partial charge on any atom is -0.462 e. The summed E-state index contributed by atoms with van der Waals surface area (Å²) in [5.74, 6) is -2.42. The minimum absolute atomic E-state index is 0.0670. The summed E-state index contributed by atoms with van der Waals surface area (Å²) in [6.07, 6.45) is 87.8. The van der Waals surface area contributed by atoms with E-state index in [-0.39, 0.29) is 25.7 Å². The molecule has 102 heavy (non-hydrogen) atoms. The zero-order valence-corrected chi connectivity index (χ0v) is 64.5. The average Bonchev–Trinajstić information content (AvgIpc) is 0.926. The first-order valence-corrected chi connectivity index (χ1v) is 41.0. The van der Waals surface area contributed by atoms with Crippen molar-refractivity contribution in [1.29, 1.82) is 0 Å². The summed E-state index contributed by atoms with van der Waals surface area (Å²) < 4.78 is 68.2. The molecule has 0 rings (SSSR count). The number of carbonyl (C=O) groups excluding carboxylic acids is 4. The zero-order chi connectivity index (χ0) is 74.6.